The summed E-state index contributed by atoms with van der Waals surface area (Å²) in [6, 6.07) is 10.1. The van der Waals surface area contributed by atoms with Crippen molar-refractivity contribution in [3.05, 3.63) is 52.5 Å². The van der Waals surface area contributed by atoms with Crippen LogP contribution < -0.4 is 5.32 Å². The van der Waals surface area contributed by atoms with Crippen molar-refractivity contribution in [1.82, 2.24) is 15.2 Å². The van der Waals surface area contributed by atoms with Crippen LogP contribution in [0.2, 0.25) is 0 Å². The van der Waals surface area contributed by atoms with Gasteiger partial charge in [0.05, 0.1) is 6.61 Å². The van der Waals surface area contributed by atoms with Crippen molar-refractivity contribution in [2.45, 2.75) is 31.0 Å². The molecule has 2 atom stereocenters. The Morgan fingerprint density at radius 1 is 1.33 bits per heavy atom. The van der Waals surface area contributed by atoms with Gasteiger partial charge in [-0.1, -0.05) is 30.3 Å². The third-order valence-corrected chi connectivity index (χ3v) is 5.34. The first-order valence-corrected chi connectivity index (χ1v) is 9.29. The number of benzene rings is 1. The van der Waals surface area contributed by atoms with Gasteiger partial charge >= 0.3 is 0 Å². The smallest absolute Gasteiger partial charge is 0.242 e. The molecular formula is C18H21N3O2S. The van der Waals surface area contributed by atoms with Crippen molar-refractivity contribution in [3.8, 4) is 0 Å². The molecule has 2 unspecified atom stereocenters. The molecule has 0 spiro atoms. The maximum absolute atomic E-state index is 12.9. The van der Waals surface area contributed by atoms with Crippen molar-refractivity contribution in [3.63, 3.8) is 0 Å². The van der Waals surface area contributed by atoms with E-state index in [4.69, 9.17) is 4.74 Å². The number of aromatic nitrogens is 1. The highest BCUT2D eigenvalue weighted by Crippen LogP contribution is 2.31. The average molecular weight is 343 g/mol. The van der Waals surface area contributed by atoms with Crippen LogP contribution >= 0.6 is 11.3 Å². The molecule has 1 aromatic carbocycles. The number of carbonyl (C=O) groups excluding carboxylic acids is 1. The van der Waals surface area contributed by atoms with Crippen molar-refractivity contribution in [1.29, 1.82) is 0 Å². The van der Waals surface area contributed by atoms with Crippen LogP contribution in [0.1, 0.15) is 35.6 Å². The third kappa shape index (κ3) is 3.50. The first-order valence-electron chi connectivity index (χ1n) is 8.41. The van der Waals surface area contributed by atoms with E-state index in [-0.39, 0.29) is 18.1 Å². The normalized spacial score (nSPS) is 22.9. The van der Waals surface area contributed by atoms with Crippen molar-refractivity contribution >= 4 is 17.2 Å². The van der Waals surface area contributed by atoms with Crippen LogP contribution in [0.3, 0.4) is 0 Å². The van der Waals surface area contributed by atoms with E-state index in [0.29, 0.717) is 19.2 Å². The quantitative estimate of drug-likeness (QED) is 0.906. The lowest BCUT2D eigenvalue weighted by Gasteiger charge is -2.37. The summed E-state index contributed by atoms with van der Waals surface area (Å²) in [7, 11) is 0. The van der Waals surface area contributed by atoms with E-state index < -0.39 is 0 Å². The van der Waals surface area contributed by atoms with E-state index >= 15 is 0 Å². The Balaban J connectivity index is 1.56. The number of amides is 1. The molecular weight excluding hydrogens is 322 g/mol. The van der Waals surface area contributed by atoms with Crippen LogP contribution in [0, 0.1) is 0 Å². The Bertz CT molecular complexity index is 673. The molecule has 1 saturated carbocycles. The number of nitrogens with one attached hydrogen (secondary N) is 1. The number of rotatable bonds is 5. The van der Waals surface area contributed by atoms with Crippen LogP contribution in [0.5, 0.6) is 0 Å². The Morgan fingerprint density at radius 2 is 2.17 bits per heavy atom. The predicted molar refractivity (Wildman–Crippen MR) is 92.7 cm³/mol. The summed E-state index contributed by atoms with van der Waals surface area (Å²) in [5.74, 6) is 0.100. The molecule has 0 radical (unpaired) electrons. The van der Waals surface area contributed by atoms with E-state index in [1.165, 1.54) is 0 Å². The monoisotopic (exact) mass is 343 g/mol. The van der Waals surface area contributed by atoms with Gasteiger partial charge in [0.15, 0.2) is 0 Å². The summed E-state index contributed by atoms with van der Waals surface area (Å²) < 4.78 is 5.89. The van der Waals surface area contributed by atoms with E-state index in [9.17, 15) is 4.79 Å². The maximum atomic E-state index is 12.9. The van der Waals surface area contributed by atoms with Crippen LogP contribution in [0.25, 0.3) is 0 Å². The SMILES string of the molecule is O=C(NC1CC1)C(c1ccccc1)N1CCOC(c2nccs2)C1. The Labute approximate surface area is 145 Å². The predicted octanol–water partition coefficient (Wildman–Crippen LogP) is 2.54. The summed E-state index contributed by atoms with van der Waals surface area (Å²) in [6.45, 7) is 2.05. The fourth-order valence-corrected chi connectivity index (χ4v) is 3.79. The maximum Gasteiger partial charge on any atom is 0.242 e. The highest BCUT2D eigenvalue weighted by molar-refractivity contribution is 7.09. The summed E-state index contributed by atoms with van der Waals surface area (Å²) in [5.41, 5.74) is 1.04. The first kappa shape index (κ1) is 15.7. The number of morpholine rings is 1. The molecule has 1 aliphatic heterocycles. The lowest BCUT2D eigenvalue weighted by Crippen LogP contribution is -2.47. The second-order valence-electron chi connectivity index (χ2n) is 6.32. The van der Waals surface area contributed by atoms with E-state index in [1.54, 1.807) is 17.5 Å². The van der Waals surface area contributed by atoms with Crippen LogP contribution in [0.4, 0.5) is 0 Å². The first-order chi connectivity index (χ1) is 11.8. The van der Waals surface area contributed by atoms with Crippen molar-refractivity contribution in [2.75, 3.05) is 19.7 Å². The van der Waals surface area contributed by atoms with Gasteiger partial charge in [0, 0.05) is 30.7 Å². The Morgan fingerprint density at radius 3 is 2.88 bits per heavy atom. The zero-order chi connectivity index (χ0) is 16.4. The molecule has 2 aliphatic rings. The molecule has 2 aromatic rings. The minimum Gasteiger partial charge on any atom is -0.368 e. The van der Waals surface area contributed by atoms with Crippen molar-refractivity contribution in [2.24, 2.45) is 0 Å². The molecule has 2 heterocycles. The van der Waals surface area contributed by atoms with Gasteiger partial charge < -0.3 is 10.1 Å². The summed E-state index contributed by atoms with van der Waals surface area (Å²) in [6.07, 6.45) is 3.94. The number of thiazole rings is 1. The minimum atomic E-state index is -0.266. The fourth-order valence-electron chi connectivity index (χ4n) is 3.12. The Hall–Kier alpha value is -1.76. The number of carbonyl (C=O) groups is 1. The van der Waals surface area contributed by atoms with E-state index in [1.807, 2.05) is 35.7 Å². The van der Waals surface area contributed by atoms with Gasteiger partial charge in [0.2, 0.25) is 5.91 Å². The summed E-state index contributed by atoms with van der Waals surface area (Å²) in [5, 5.41) is 6.11. The molecule has 0 bridgehead atoms. The zero-order valence-electron chi connectivity index (χ0n) is 13.4. The van der Waals surface area contributed by atoms with Gasteiger partial charge in [-0.3, -0.25) is 9.69 Å². The van der Waals surface area contributed by atoms with Gasteiger partial charge in [-0.15, -0.1) is 11.3 Å². The molecule has 5 nitrogen and oxygen atoms in total. The number of ether oxygens (including phenoxy) is 1. The molecule has 2 fully saturated rings. The number of nitrogens with zero attached hydrogens (tertiary/aromatic N) is 2. The molecule has 4 rings (SSSR count). The van der Waals surface area contributed by atoms with Crippen molar-refractivity contribution < 1.29 is 9.53 Å². The molecule has 1 N–H and O–H groups in total. The number of hydrogen-bond donors (Lipinski definition) is 1. The second kappa shape index (κ2) is 7.01. The molecule has 24 heavy (non-hydrogen) atoms. The minimum absolute atomic E-state index is 0.0568. The fraction of sp³-hybridized carbons (Fsp3) is 0.444. The van der Waals surface area contributed by atoms with Crippen LogP contribution in [0.15, 0.2) is 41.9 Å². The molecule has 6 heteroatoms. The summed E-state index contributed by atoms with van der Waals surface area (Å²) in [4.78, 5) is 19.5. The molecule has 1 saturated heterocycles. The number of hydrogen-bond acceptors (Lipinski definition) is 5. The zero-order valence-corrected chi connectivity index (χ0v) is 14.2. The van der Waals surface area contributed by atoms with Crippen LogP contribution in [-0.4, -0.2) is 41.5 Å². The Kier molecular flexibility index (Phi) is 4.60. The highest BCUT2D eigenvalue weighted by atomic mass is 32.1. The molecule has 1 amide bonds. The van der Waals surface area contributed by atoms with Crippen LogP contribution in [-0.2, 0) is 9.53 Å². The largest absolute Gasteiger partial charge is 0.368 e. The standard InChI is InChI=1S/C18H21N3O2S/c22-17(20-14-6-7-14)16(13-4-2-1-3-5-13)21-9-10-23-15(12-21)18-19-8-11-24-18/h1-5,8,11,14-16H,6-7,9-10,12H2,(H,20,22). The van der Waals surface area contributed by atoms with Gasteiger partial charge in [0.1, 0.15) is 17.2 Å². The lowest BCUT2D eigenvalue weighted by atomic mass is 10.0. The molecule has 1 aromatic heterocycles. The lowest BCUT2D eigenvalue weighted by molar-refractivity contribution is -0.130. The van der Waals surface area contributed by atoms with Gasteiger partial charge in [-0.25, -0.2) is 4.98 Å². The van der Waals surface area contributed by atoms with Gasteiger partial charge in [-0.2, -0.15) is 0 Å². The van der Waals surface area contributed by atoms with Gasteiger partial charge in [-0.05, 0) is 18.4 Å². The molecule has 1 aliphatic carbocycles. The third-order valence-electron chi connectivity index (χ3n) is 4.48. The van der Waals surface area contributed by atoms with Gasteiger partial charge in [0.25, 0.3) is 0 Å². The van der Waals surface area contributed by atoms with E-state index in [0.717, 1.165) is 30.0 Å². The second-order valence-corrected chi connectivity index (χ2v) is 7.25. The average Bonchev–Trinajstić information content (AvgIpc) is 3.25. The highest BCUT2D eigenvalue weighted by Gasteiger charge is 2.35. The molecule has 126 valence electrons. The van der Waals surface area contributed by atoms with E-state index in [2.05, 4.69) is 15.2 Å². The topological polar surface area (TPSA) is 54.5 Å². The summed E-state index contributed by atoms with van der Waals surface area (Å²) >= 11 is 1.60.